The smallest absolute Gasteiger partial charge is 0.261 e. The first-order valence-electron chi connectivity index (χ1n) is 10.7. The molecule has 1 amide bonds. The molecule has 4 rings (SSSR count). The van der Waals surface area contributed by atoms with Gasteiger partial charge in [-0.1, -0.05) is 29.8 Å². The lowest BCUT2D eigenvalue weighted by atomic mass is 10.1. The number of amides is 1. The molecule has 0 saturated heterocycles. The number of aromatic nitrogens is 4. The highest BCUT2D eigenvalue weighted by molar-refractivity contribution is 7.13. The van der Waals surface area contributed by atoms with Gasteiger partial charge < -0.3 is 9.84 Å². The van der Waals surface area contributed by atoms with E-state index in [1.54, 1.807) is 17.4 Å². The SMILES string of the molecule is Cc1cccc2c(=O)n(CCC(=O)NCCCCCc3nc(-c4cccs4)no3)cnc12. The molecule has 4 aromatic rings. The molecule has 0 fully saturated rings. The van der Waals surface area contributed by atoms with Crippen molar-refractivity contribution in [2.75, 3.05) is 6.54 Å². The zero-order valence-corrected chi connectivity index (χ0v) is 18.7. The maximum absolute atomic E-state index is 12.6. The van der Waals surface area contributed by atoms with Gasteiger partial charge in [-0.2, -0.15) is 4.98 Å². The monoisotopic (exact) mass is 451 g/mol. The van der Waals surface area contributed by atoms with Gasteiger partial charge in [0.2, 0.25) is 17.6 Å². The van der Waals surface area contributed by atoms with Crippen molar-refractivity contribution in [3.8, 4) is 10.7 Å². The predicted octanol–water partition coefficient (Wildman–Crippen LogP) is 3.74. The Morgan fingerprint density at radius 3 is 2.94 bits per heavy atom. The summed E-state index contributed by atoms with van der Waals surface area (Å²) in [6, 6.07) is 9.47. The summed E-state index contributed by atoms with van der Waals surface area (Å²) in [7, 11) is 0. The zero-order valence-electron chi connectivity index (χ0n) is 17.9. The highest BCUT2D eigenvalue weighted by Gasteiger charge is 2.10. The number of carbonyl (C=O) groups excluding carboxylic acids is 1. The van der Waals surface area contributed by atoms with Gasteiger partial charge in [-0.25, -0.2) is 4.98 Å². The number of hydrogen-bond acceptors (Lipinski definition) is 7. The lowest BCUT2D eigenvalue weighted by Gasteiger charge is -2.08. The summed E-state index contributed by atoms with van der Waals surface area (Å²) in [6.45, 7) is 2.84. The van der Waals surface area contributed by atoms with E-state index in [0.29, 0.717) is 35.7 Å². The van der Waals surface area contributed by atoms with Gasteiger partial charge in [0.05, 0.1) is 22.1 Å². The van der Waals surface area contributed by atoms with Gasteiger partial charge in [-0.05, 0) is 42.8 Å². The molecule has 0 aliphatic heterocycles. The van der Waals surface area contributed by atoms with Crippen LogP contribution in [-0.2, 0) is 17.8 Å². The number of nitrogens with zero attached hydrogens (tertiary/aromatic N) is 4. The minimum atomic E-state index is -0.116. The van der Waals surface area contributed by atoms with Crippen molar-refractivity contribution < 1.29 is 9.32 Å². The molecule has 0 aliphatic rings. The van der Waals surface area contributed by atoms with Crippen LogP contribution < -0.4 is 10.9 Å². The van der Waals surface area contributed by atoms with Crippen LogP contribution in [0.25, 0.3) is 21.6 Å². The first-order valence-corrected chi connectivity index (χ1v) is 11.6. The summed E-state index contributed by atoms with van der Waals surface area (Å²) in [5.74, 6) is 1.21. The minimum Gasteiger partial charge on any atom is -0.356 e. The number of para-hydroxylation sites is 1. The number of aryl methyl sites for hydroxylation is 3. The van der Waals surface area contributed by atoms with E-state index in [0.717, 1.165) is 36.1 Å². The van der Waals surface area contributed by atoms with E-state index >= 15 is 0 Å². The third kappa shape index (κ3) is 5.28. The summed E-state index contributed by atoms with van der Waals surface area (Å²) in [5.41, 5.74) is 1.56. The van der Waals surface area contributed by atoms with Crippen molar-refractivity contribution >= 4 is 28.1 Å². The molecule has 1 aromatic carbocycles. The number of unbranched alkanes of at least 4 members (excludes halogenated alkanes) is 2. The molecule has 32 heavy (non-hydrogen) atoms. The Kier molecular flexibility index (Phi) is 7.06. The average Bonchev–Trinajstić information content (AvgIpc) is 3.48. The highest BCUT2D eigenvalue weighted by Crippen LogP contribution is 2.21. The summed E-state index contributed by atoms with van der Waals surface area (Å²) in [4.78, 5) is 34.5. The van der Waals surface area contributed by atoms with E-state index in [2.05, 4.69) is 20.4 Å². The summed E-state index contributed by atoms with van der Waals surface area (Å²) in [6.07, 6.45) is 5.22. The number of rotatable bonds is 10. The van der Waals surface area contributed by atoms with Crippen LogP contribution in [0.15, 0.2) is 51.4 Å². The fourth-order valence-corrected chi connectivity index (χ4v) is 4.12. The normalized spacial score (nSPS) is 11.2. The van der Waals surface area contributed by atoms with E-state index < -0.39 is 0 Å². The molecule has 0 saturated carbocycles. The summed E-state index contributed by atoms with van der Waals surface area (Å²) in [5, 5.41) is 9.49. The van der Waals surface area contributed by atoms with Crippen molar-refractivity contribution in [1.29, 1.82) is 0 Å². The molecule has 3 heterocycles. The molecule has 8 nitrogen and oxygen atoms in total. The molecular formula is C23H25N5O3S. The van der Waals surface area contributed by atoms with Crippen LogP contribution in [0, 0.1) is 6.92 Å². The highest BCUT2D eigenvalue weighted by atomic mass is 32.1. The standard InChI is InChI=1S/C23H25N5O3S/c1-16-7-5-8-17-21(16)25-15-28(23(17)30)13-11-19(29)24-12-4-2-3-10-20-26-22(27-31-20)18-9-6-14-32-18/h5-9,14-15H,2-4,10-13H2,1H3,(H,24,29). The van der Waals surface area contributed by atoms with Crippen LogP contribution in [0.4, 0.5) is 0 Å². The van der Waals surface area contributed by atoms with Gasteiger partial charge in [0, 0.05) is 25.9 Å². The van der Waals surface area contributed by atoms with Crippen molar-refractivity contribution in [3.05, 3.63) is 63.8 Å². The molecule has 1 N–H and O–H groups in total. The molecule has 9 heteroatoms. The van der Waals surface area contributed by atoms with E-state index in [-0.39, 0.29) is 17.9 Å². The second-order valence-electron chi connectivity index (χ2n) is 7.61. The lowest BCUT2D eigenvalue weighted by molar-refractivity contribution is -0.121. The lowest BCUT2D eigenvalue weighted by Crippen LogP contribution is -2.28. The van der Waals surface area contributed by atoms with Crippen LogP contribution in [0.1, 0.15) is 37.1 Å². The van der Waals surface area contributed by atoms with Crippen LogP contribution in [0.5, 0.6) is 0 Å². The van der Waals surface area contributed by atoms with Crippen molar-refractivity contribution in [1.82, 2.24) is 25.0 Å². The van der Waals surface area contributed by atoms with Crippen molar-refractivity contribution in [2.24, 2.45) is 0 Å². The number of fused-ring (bicyclic) bond motifs is 1. The predicted molar refractivity (Wildman–Crippen MR) is 124 cm³/mol. The topological polar surface area (TPSA) is 103 Å². The molecular weight excluding hydrogens is 426 g/mol. The van der Waals surface area contributed by atoms with Crippen LogP contribution in [0.2, 0.25) is 0 Å². The molecule has 0 radical (unpaired) electrons. The van der Waals surface area contributed by atoms with Crippen LogP contribution >= 0.6 is 11.3 Å². The minimum absolute atomic E-state index is 0.0706. The Bertz CT molecular complexity index is 1250. The third-order valence-electron chi connectivity index (χ3n) is 5.23. The van der Waals surface area contributed by atoms with Gasteiger partial charge in [-0.3, -0.25) is 14.2 Å². The Labute approximate surface area is 189 Å². The second kappa shape index (κ2) is 10.3. The van der Waals surface area contributed by atoms with E-state index in [1.807, 2.05) is 36.6 Å². The molecule has 0 aliphatic carbocycles. The first-order chi connectivity index (χ1) is 15.6. The number of carbonyl (C=O) groups is 1. The molecule has 166 valence electrons. The van der Waals surface area contributed by atoms with Crippen molar-refractivity contribution in [3.63, 3.8) is 0 Å². The summed E-state index contributed by atoms with van der Waals surface area (Å²) < 4.78 is 6.79. The Hall–Kier alpha value is -3.33. The Morgan fingerprint density at radius 2 is 2.09 bits per heavy atom. The number of benzene rings is 1. The summed E-state index contributed by atoms with van der Waals surface area (Å²) >= 11 is 1.58. The third-order valence-corrected chi connectivity index (χ3v) is 6.10. The zero-order chi connectivity index (χ0) is 22.3. The van der Waals surface area contributed by atoms with Gasteiger partial charge in [0.15, 0.2) is 0 Å². The maximum atomic E-state index is 12.6. The van der Waals surface area contributed by atoms with E-state index in [1.165, 1.54) is 10.9 Å². The number of nitrogens with one attached hydrogen (secondary N) is 1. The number of hydrogen-bond donors (Lipinski definition) is 1. The average molecular weight is 452 g/mol. The molecule has 3 aromatic heterocycles. The van der Waals surface area contributed by atoms with Crippen LogP contribution in [0.3, 0.4) is 0 Å². The molecule has 0 unspecified atom stereocenters. The Morgan fingerprint density at radius 1 is 1.19 bits per heavy atom. The molecule has 0 spiro atoms. The fraction of sp³-hybridized carbons (Fsp3) is 0.348. The van der Waals surface area contributed by atoms with Crippen LogP contribution in [-0.4, -0.2) is 32.1 Å². The van der Waals surface area contributed by atoms with Gasteiger partial charge >= 0.3 is 0 Å². The fourth-order valence-electron chi connectivity index (χ4n) is 3.48. The van der Waals surface area contributed by atoms with Gasteiger partial charge in [0.25, 0.3) is 5.56 Å². The van der Waals surface area contributed by atoms with Gasteiger partial charge in [0.1, 0.15) is 0 Å². The quantitative estimate of drug-likeness (QED) is 0.369. The maximum Gasteiger partial charge on any atom is 0.261 e. The first kappa shape index (κ1) is 21.9. The molecule has 0 atom stereocenters. The van der Waals surface area contributed by atoms with E-state index in [4.69, 9.17) is 4.52 Å². The largest absolute Gasteiger partial charge is 0.356 e. The Balaban J connectivity index is 1.14. The van der Waals surface area contributed by atoms with Crippen molar-refractivity contribution in [2.45, 2.75) is 45.6 Å². The molecule has 0 bridgehead atoms. The van der Waals surface area contributed by atoms with E-state index in [9.17, 15) is 9.59 Å². The second-order valence-corrected chi connectivity index (χ2v) is 8.56. The number of thiophene rings is 1. The van der Waals surface area contributed by atoms with Gasteiger partial charge in [-0.15, -0.1) is 11.3 Å².